The number of rotatable bonds is 6. The predicted octanol–water partition coefficient (Wildman–Crippen LogP) is 1.59. The van der Waals surface area contributed by atoms with Crippen molar-refractivity contribution < 1.29 is 4.79 Å². The predicted molar refractivity (Wildman–Crippen MR) is 60.4 cm³/mol. The van der Waals surface area contributed by atoms with Gasteiger partial charge in [0.2, 0.25) is 5.91 Å². The second kappa shape index (κ2) is 6.85. The Hall–Kier alpha value is -0.540. The first-order chi connectivity index (χ1) is 6.43. The van der Waals surface area contributed by atoms with E-state index in [9.17, 15) is 4.79 Å². The van der Waals surface area contributed by atoms with Gasteiger partial charge in [0, 0.05) is 5.57 Å². The molecule has 14 heavy (non-hydrogen) atoms. The summed E-state index contributed by atoms with van der Waals surface area (Å²) in [6.07, 6.45) is 1.75. The van der Waals surface area contributed by atoms with Gasteiger partial charge in [0.05, 0.1) is 0 Å². The molecule has 0 radical (unpaired) electrons. The Morgan fingerprint density at radius 3 is 2.57 bits per heavy atom. The first-order valence-corrected chi connectivity index (χ1v) is 5.12. The molecule has 0 saturated heterocycles. The van der Waals surface area contributed by atoms with Gasteiger partial charge < -0.3 is 10.2 Å². The maximum Gasteiger partial charge on any atom is 0.247 e. The van der Waals surface area contributed by atoms with Crippen LogP contribution in [0.3, 0.4) is 0 Å². The molecule has 0 saturated carbocycles. The van der Waals surface area contributed by atoms with Gasteiger partial charge in [-0.15, -0.1) is 0 Å². The summed E-state index contributed by atoms with van der Waals surface area (Å²) in [5.74, 6) is -0.171. The van der Waals surface area contributed by atoms with Crippen LogP contribution in [0.25, 0.3) is 0 Å². The van der Waals surface area contributed by atoms with Crippen LogP contribution in [0, 0.1) is 0 Å². The maximum atomic E-state index is 11.1. The van der Waals surface area contributed by atoms with E-state index in [-0.39, 0.29) is 11.4 Å². The first-order valence-electron chi connectivity index (χ1n) is 4.68. The number of carbonyl (C=O) groups is 1. The van der Waals surface area contributed by atoms with Crippen molar-refractivity contribution in [2.45, 2.75) is 25.3 Å². The Morgan fingerprint density at radius 1 is 1.57 bits per heavy atom. The quantitative estimate of drug-likeness (QED) is 0.417. The minimum Gasteiger partial charge on any atom is -0.336 e. The summed E-state index contributed by atoms with van der Waals surface area (Å²) in [6.45, 7) is 6.18. The van der Waals surface area contributed by atoms with Gasteiger partial charge in [-0.25, -0.2) is 0 Å². The molecular weight excluding hydrogens is 200 g/mol. The molecule has 0 aliphatic heterocycles. The van der Waals surface area contributed by atoms with Crippen LogP contribution in [0.5, 0.6) is 0 Å². The number of carbonyl (C=O) groups excluding carboxylic acids is 1. The minimum absolute atomic E-state index is 0.171. The lowest BCUT2D eigenvalue weighted by atomic mass is 10.2. The van der Waals surface area contributed by atoms with Gasteiger partial charge in [-0.3, -0.25) is 4.79 Å². The van der Waals surface area contributed by atoms with Crippen molar-refractivity contribution in [2.75, 3.05) is 20.6 Å². The zero-order chi connectivity index (χ0) is 11.1. The molecule has 82 valence electrons. The fourth-order valence-corrected chi connectivity index (χ4v) is 1.18. The van der Waals surface area contributed by atoms with Gasteiger partial charge in [-0.05, 0) is 40.4 Å². The number of alkyl halides is 1. The number of nitrogens with one attached hydrogen (secondary N) is 1. The van der Waals surface area contributed by atoms with E-state index >= 15 is 0 Å². The van der Waals surface area contributed by atoms with Gasteiger partial charge in [0.15, 0.2) is 0 Å². The third kappa shape index (κ3) is 6.92. The lowest BCUT2D eigenvalue weighted by molar-refractivity contribution is -0.117. The molecule has 0 fully saturated rings. The Labute approximate surface area is 91.1 Å². The molecule has 0 aliphatic rings. The lowest BCUT2D eigenvalue weighted by Gasteiger charge is -2.13. The largest absolute Gasteiger partial charge is 0.336 e. The molecule has 4 heteroatoms. The monoisotopic (exact) mass is 218 g/mol. The third-order valence-electron chi connectivity index (χ3n) is 1.74. The van der Waals surface area contributed by atoms with Gasteiger partial charge in [0.1, 0.15) is 5.50 Å². The van der Waals surface area contributed by atoms with Crippen LogP contribution in [0.15, 0.2) is 12.2 Å². The Bertz CT molecular complexity index is 204. The van der Waals surface area contributed by atoms with Crippen molar-refractivity contribution >= 4 is 17.5 Å². The smallest absolute Gasteiger partial charge is 0.247 e. The second-order valence-corrected chi connectivity index (χ2v) is 4.19. The van der Waals surface area contributed by atoms with E-state index in [1.165, 1.54) is 0 Å². The van der Waals surface area contributed by atoms with E-state index in [4.69, 9.17) is 11.6 Å². The van der Waals surface area contributed by atoms with Gasteiger partial charge in [-0.2, -0.15) is 0 Å². The highest BCUT2D eigenvalue weighted by atomic mass is 35.5. The summed E-state index contributed by atoms with van der Waals surface area (Å²) in [4.78, 5) is 13.2. The molecule has 0 bridgehead atoms. The fourth-order valence-electron chi connectivity index (χ4n) is 0.924. The van der Waals surface area contributed by atoms with Gasteiger partial charge >= 0.3 is 0 Å². The van der Waals surface area contributed by atoms with Crippen molar-refractivity contribution in [3.05, 3.63) is 12.2 Å². The van der Waals surface area contributed by atoms with Crippen LogP contribution in [0.2, 0.25) is 0 Å². The topological polar surface area (TPSA) is 32.3 Å². The van der Waals surface area contributed by atoms with E-state index in [1.807, 2.05) is 14.1 Å². The van der Waals surface area contributed by atoms with E-state index in [1.54, 1.807) is 6.92 Å². The molecule has 0 aromatic rings. The third-order valence-corrected chi connectivity index (χ3v) is 2.07. The number of hydrogen-bond donors (Lipinski definition) is 1. The van der Waals surface area contributed by atoms with E-state index in [0.717, 1.165) is 19.4 Å². The highest BCUT2D eigenvalue weighted by molar-refractivity contribution is 6.21. The zero-order valence-electron chi connectivity index (χ0n) is 9.14. The molecular formula is C10H19ClN2O. The summed E-state index contributed by atoms with van der Waals surface area (Å²) >= 11 is 5.91. The normalized spacial score (nSPS) is 12.6. The van der Waals surface area contributed by atoms with E-state index in [0.29, 0.717) is 5.57 Å². The standard InChI is InChI=1S/C10H19ClN2O/c1-8(2)10(14)12-9(11)6-5-7-13(3)4/h9H,1,5-7H2,2-4H3,(H,12,14). The maximum absolute atomic E-state index is 11.1. The summed E-state index contributed by atoms with van der Waals surface area (Å²) in [5, 5.41) is 2.66. The number of amides is 1. The van der Waals surface area contributed by atoms with E-state index < -0.39 is 0 Å². The molecule has 0 rings (SSSR count). The lowest BCUT2D eigenvalue weighted by Crippen LogP contribution is -2.31. The number of hydrogen-bond acceptors (Lipinski definition) is 2. The fraction of sp³-hybridized carbons (Fsp3) is 0.700. The molecule has 0 spiro atoms. The van der Waals surface area contributed by atoms with Crippen LogP contribution in [0.1, 0.15) is 19.8 Å². The van der Waals surface area contributed by atoms with Crippen LogP contribution < -0.4 is 5.32 Å². The molecule has 0 aromatic carbocycles. The zero-order valence-corrected chi connectivity index (χ0v) is 9.90. The Kier molecular flexibility index (Phi) is 6.58. The second-order valence-electron chi connectivity index (χ2n) is 3.67. The summed E-state index contributed by atoms with van der Waals surface area (Å²) in [7, 11) is 4.02. The highest BCUT2D eigenvalue weighted by Crippen LogP contribution is 2.03. The molecule has 1 N–H and O–H groups in total. The average molecular weight is 219 g/mol. The van der Waals surface area contributed by atoms with Crippen molar-refractivity contribution in [2.24, 2.45) is 0 Å². The summed E-state index contributed by atoms with van der Waals surface area (Å²) in [6, 6.07) is 0. The molecule has 1 unspecified atom stereocenters. The molecule has 3 nitrogen and oxygen atoms in total. The van der Waals surface area contributed by atoms with Crippen LogP contribution in [-0.2, 0) is 4.79 Å². The van der Waals surface area contributed by atoms with Crippen molar-refractivity contribution in [3.63, 3.8) is 0 Å². The summed E-state index contributed by atoms with van der Waals surface area (Å²) in [5.41, 5.74) is 0.197. The van der Waals surface area contributed by atoms with Crippen molar-refractivity contribution in [1.82, 2.24) is 10.2 Å². The minimum atomic E-state index is -0.292. The Morgan fingerprint density at radius 2 is 2.14 bits per heavy atom. The van der Waals surface area contributed by atoms with Crippen LogP contribution >= 0.6 is 11.6 Å². The van der Waals surface area contributed by atoms with Crippen LogP contribution in [0.4, 0.5) is 0 Å². The Balaban J connectivity index is 3.60. The number of nitrogens with zero attached hydrogens (tertiary/aromatic N) is 1. The SMILES string of the molecule is C=C(C)C(=O)NC(Cl)CCCN(C)C. The molecule has 0 aromatic heterocycles. The van der Waals surface area contributed by atoms with Crippen molar-refractivity contribution in [1.29, 1.82) is 0 Å². The highest BCUT2D eigenvalue weighted by Gasteiger charge is 2.08. The average Bonchev–Trinajstić information content (AvgIpc) is 2.02. The molecule has 0 heterocycles. The molecule has 0 aliphatic carbocycles. The van der Waals surface area contributed by atoms with Gasteiger partial charge in [-0.1, -0.05) is 18.2 Å². The molecule has 1 amide bonds. The van der Waals surface area contributed by atoms with Gasteiger partial charge in [0.25, 0.3) is 0 Å². The first kappa shape index (κ1) is 13.5. The van der Waals surface area contributed by atoms with Crippen molar-refractivity contribution in [3.8, 4) is 0 Å². The summed E-state index contributed by atoms with van der Waals surface area (Å²) < 4.78 is 0. The van der Waals surface area contributed by atoms with E-state index in [2.05, 4.69) is 16.8 Å². The molecule has 1 atom stereocenters. The number of halogens is 1. The van der Waals surface area contributed by atoms with Crippen LogP contribution in [-0.4, -0.2) is 36.9 Å².